The molecule has 3 amide bonds. The number of ether oxygens (including phenoxy) is 4. The fraction of sp³-hybridized carbons (Fsp3) is 0.600. The number of aliphatic hydroxyl groups is 1. The first kappa shape index (κ1) is 36.3. The molecule has 2 atom stereocenters. The fourth-order valence-corrected chi connectivity index (χ4v) is 4.01. The number of aliphatic hydroxyl groups excluding tert-OH is 1. The molecule has 237 valence electrons. The molecule has 12 nitrogen and oxygen atoms in total. The summed E-state index contributed by atoms with van der Waals surface area (Å²) in [7, 11) is 5.70. The van der Waals surface area contributed by atoms with E-state index in [0.717, 1.165) is 6.42 Å². The number of benzene rings is 1. The van der Waals surface area contributed by atoms with Crippen molar-refractivity contribution in [2.24, 2.45) is 5.92 Å². The van der Waals surface area contributed by atoms with Crippen LogP contribution < -0.4 is 16.0 Å². The Bertz CT molecular complexity index is 1020. The molecule has 1 heterocycles. The summed E-state index contributed by atoms with van der Waals surface area (Å²) in [6.07, 6.45) is 2.94. The first-order valence-corrected chi connectivity index (χ1v) is 14.7. The van der Waals surface area contributed by atoms with Gasteiger partial charge in [0, 0.05) is 12.1 Å². The average Bonchev–Trinajstić information content (AvgIpc) is 3.31. The number of hydrogen-bond acceptors (Lipinski definition) is 9. The Kier molecular flexibility index (Phi) is 17.6. The van der Waals surface area contributed by atoms with Crippen molar-refractivity contribution in [3.63, 3.8) is 0 Å². The van der Waals surface area contributed by atoms with E-state index in [4.69, 9.17) is 26.4 Å². The molecule has 2 rings (SSSR count). The number of amides is 3. The zero-order valence-electron chi connectivity index (χ0n) is 25.5. The Hall–Kier alpha value is -2.94. The van der Waals surface area contributed by atoms with Crippen LogP contribution in [0.1, 0.15) is 32.8 Å². The summed E-state index contributed by atoms with van der Waals surface area (Å²) in [6.45, 7) is 8.98. The molecule has 0 fully saturated rings. The predicted octanol–water partition coefficient (Wildman–Crippen LogP) is 0.390. The molecule has 43 heavy (non-hydrogen) atoms. The number of carbonyl (C=O) groups excluding carboxylic acids is 3. The molecule has 1 radical (unpaired) electrons. The third-order valence-corrected chi connectivity index (χ3v) is 6.53. The summed E-state index contributed by atoms with van der Waals surface area (Å²) in [5.74, 6) is -0.768. The third kappa shape index (κ3) is 14.9. The van der Waals surface area contributed by atoms with Crippen molar-refractivity contribution in [2.75, 3.05) is 71.3 Å². The third-order valence-electron chi connectivity index (χ3n) is 6.53. The normalized spacial score (nSPS) is 14.4. The van der Waals surface area contributed by atoms with Gasteiger partial charge in [0.05, 0.1) is 25.8 Å². The Labute approximate surface area is 255 Å². The van der Waals surface area contributed by atoms with E-state index in [2.05, 4.69) is 22.9 Å². The van der Waals surface area contributed by atoms with E-state index in [9.17, 15) is 19.5 Å². The SMILES string of the molecule is [B]=C1C=CC(=O)N1CCOCCOCCOCCOCCC(=O)NC(C(C)C)C(O)NCC(=O)Nc1ccc(CC)cc1. The predicted molar refractivity (Wildman–Crippen MR) is 165 cm³/mol. The van der Waals surface area contributed by atoms with Crippen LogP contribution >= 0.6 is 0 Å². The van der Waals surface area contributed by atoms with Gasteiger partial charge in [-0.2, -0.15) is 0 Å². The van der Waals surface area contributed by atoms with Crippen molar-refractivity contribution in [3.8, 4) is 0 Å². The van der Waals surface area contributed by atoms with E-state index in [1.54, 1.807) is 6.08 Å². The number of anilines is 1. The number of carbonyl (C=O) groups is 3. The van der Waals surface area contributed by atoms with E-state index >= 15 is 0 Å². The Morgan fingerprint density at radius 3 is 2.00 bits per heavy atom. The topological polar surface area (TPSA) is 148 Å². The molecule has 0 saturated heterocycles. The van der Waals surface area contributed by atoms with Gasteiger partial charge in [0.2, 0.25) is 11.8 Å². The van der Waals surface area contributed by atoms with Crippen LogP contribution in [0.15, 0.2) is 36.4 Å². The quantitative estimate of drug-likeness (QED) is 0.0795. The Balaban J connectivity index is 1.45. The van der Waals surface area contributed by atoms with E-state index in [-0.39, 0.29) is 43.2 Å². The second-order valence-electron chi connectivity index (χ2n) is 10.2. The van der Waals surface area contributed by atoms with Crippen LogP contribution in [0.5, 0.6) is 0 Å². The van der Waals surface area contributed by atoms with Gasteiger partial charge in [-0.15, -0.1) is 0 Å². The number of rotatable bonds is 23. The number of hydrogen-bond donors (Lipinski definition) is 4. The molecule has 0 aliphatic carbocycles. The smallest absolute Gasteiger partial charge is 0.379 e. The minimum Gasteiger partial charge on any atom is -0.379 e. The standard InChI is InChI=1S/C30H46BN4O8/c1-4-23-5-7-24(8-6-23)33-27(37)21-32-30(39)29(22(2)3)34-26(36)11-13-40-15-17-42-19-20-43-18-16-41-14-12-35-25(31)9-10-28(35)38/h5-10,22,29-30,32,39H,4,11-21H2,1-3H3,(H,33,37)(H,34,36). The minimum absolute atomic E-state index is 0.0737. The zero-order chi connectivity index (χ0) is 31.5. The van der Waals surface area contributed by atoms with Crippen molar-refractivity contribution in [2.45, 2.75) is 45.9 Å². The van der Waals surface area contributed by atoms with Crippen LogP contribution in [0.4, 0.5) is 5.69 Å². The molecule has 4 N–H and O–H groups in total. The summed E-state index contributed by atoms with van der Waals surface area (Å²) >= 11 is 0. The van der Waals surface area contributed by atoms with Gasteiger partial charge < -0.3 is 20.5 Å². The molecule has 13 heteroatoms. The maximum absolute atomic E-state index is 12.4. The van der Waals surface area contributed by atoms with Crippen molar-refractivity contribution in [1.82, 2.24) is 15.5 Å². The monoisotopic (exact) mass is 601 g/mol. The zero-order valence-corrected chi connectivity index (χ0v) is 25.5. The minimum atomic E-state index is -1.10. The molecule has 2 unspecified atom stereocenters. The van der Waals surface area contributed by atoms with Crippen molar-refractivity contribution in [1.29, 1.82) is 0 Å². The van der Waals surface area contributed by atoms with Gasteiger partial charge >= 0.3 is 101 Å². The van der Waals surface area contributed by atoms with Crippen LogP contribution in [0, 0.1) is 5.92 Å². The van der Waals surface area contributed by atoms with Crippen LogP contribution in [-0.4, -0.2) is 119 Å². The second-order valence-corrected chi connectivity index (χ2v) is 10.2. The van der Waals surface area contributed by atoms with E-state index in [1.165, 1.54) is 16.5 Å². The van der Waals surface area contributed by atoms with Crippen molar-refractivity contribution >= 4 is 36.5 Å². The molecule has 1 aliphatic heterocycles. The number of aryl methyl sites for hydroxylation is 1. The van der Waals surface area contributed by atoms with E-state index in [0.29, 0.717) is 64.1 Å². The maximum atomic E-state index is 12.4. The van der Waals surface area contributed by atoms with Gasteiger partial charge in [0.15, 0.2) is 0 Å². The summed E-state index contributed by atoms with van der Waals surface area (Å²) in [5, 5.41) is 18.9. The summed E-state index contributed by atoms with van der Waals surface area (Å²) in [6, 6.07) is 7.00. The van der Waals surface area contributed by atoms with Crippen LogP contribution in [0.25, 0.3) is 0 Å². The molecule has 1 aliphatic rings. The molecule has 0 aromatic heterocycles. The Morgan fingerprint density at radius 1 is 0.884 bits per heavy atom. The first-order chi connectivity index (χ1) is 20.7. The molecule has 0 bridgehead atoms. The molecule has 0 spiro atoms. The summed E-state index contributed by atoms with van der Waals surface area (Å²) < 4.78 is 21.8. The molecule has 0 saturated carbocycles. The van der Waals surface area contributed by atoms with E-state index < -0.39 is 12.3 Å². The number of nitrogens with one attached hydrogen (secondary N) is 3. The van der Waals surface area contributed by atoms with Gasteiger partial charge in [0.1, 0.15) is 6.23 Å². The van der Waals surface area contributed by atoms with E-state index in [1.807, 2.05) is 38.1 Å². The molecular formula is C30H46BN4O8. The summed E-state index contributed by atoms with van der Waals surface area (Å²) in [5.41, 5.74) is 2.28. The number of nitrogens with zero attached hydrogens (tertiary/aromatic N) is 1. The van der Waals surface area contributed by atoms with Gasteiger partial charge in [-0.25, -0.2) is 0 Å². The molecule has 1 aromatic rings. The van der Waals surface area contributed by atoms with Gasteiger partial charge in [-0.1, -0.05) is 32.9 Å². The van der Waals surface area contributed by atoms with Gasteiger partial charge in [-0.3, -0.25) is 14.9 Å². The molecule has 1 aromatic carbocycles. The van der Waals surface area contributed by atoms with Gasteiger partial charge in [-0.05, 0) is 30.0 Å². The van der Waals surface area contributed by atoms with Gasteiger partial charge in [0.25, 0.3) is 0 Å². The Morgan fingerprint density at radius 2 is 1.47 bits per heavy atom. The van der Waals surface area contributed by atoms with Crippen LogP contribution in [0.3, 0.4) is 0 Å². The van der Waals surface area contributed by atoms with Crippen molar-refractivity contribution < 1.29 is 38.4 Å². The first-order valence-electron chi connectivity index (χ1n) is 14.7. The second kappa shape index (κ2) is 20.9. The fourth-order valence-electron chi connectivity index (χ4n) is 4.01. The summed E-state index contributed by atoms with van der Waals surface area (Å²) in [4.78, 5) is 37.6. The van der Waals surface area contributed by atoms with Crippen LogP contribution in [0.2, 0.25) is 0 Å². The average molecular weight is 602 g/mol. The van der Waals surface area contributed by atoms with Crippen LogP contribution in [-0.2, 0) is 39.8 Å². The molecular weight excluding hydrogens is 555 g/mol. The van der Waals surface area contributed by atoms with Crippen molar-refractivity contribution in [3.05, 3.63) is 42.0 Å².